The molecule has 116 valence electrons. The van der Waals surface area contributed by atoms with Crippen LogP contribution in [0.1, 0.15) is 23.0 Å². The van der Waals surface area contributed by atoms with Gasteiger partial charge in [-0.1, -0.05) is 0 Å². The van der Waals surface area contributed by atoms with Gasteiger partial charge in [0.15, 0.2) is 6.10 Å². The van der Waals surface area contributed by atoms with Crippen molar-refractivity contribution in [2.75, 3.05) is 0 Å². The molecule has 0 saturated heterocycles. The average molecular weight is 370 g/mol. The molecule has 0 aliphatic carbocycles. The second kappa shape index (κ2) is 7.22. The molecule has 1 N–H and O–H groups in total. The van der Waals surface area contributed by atoms with E-state index in [1.807, 2.05) is 0 Å². The van der Waals surface area contributed by atoms with Gasteiger partial charge in [0.25, 0.3) is 5.91 Å². The summed E-state index contributed by atoms with van der Waals surface area (Å²) in [6.07, 6.45) is 0.510. The van der Waals surface area contributed by atoms with Crippen molar-refractivity contribution in [3.05, 3.63) is 58.2 Å². The Morgan fingerprint density at radius 3 is 2.82 bits per heavy atom. The Morgan fingerprint density at radius 2 is 2.18 bits per heavy atom. The molecule has 0 saturated carbocycles. The quantitative estimate of drug-likeness (QED) is 0.822. The van der Waals surface area contributed by atoms with E-state index in [1.165, 1.54) is 19.3 Å². The second-order valence-electron chi connectivity index (χ2n) is 4.47. The summed E-state index contributed by atoms with van der Waals surface area (Å²) in [5.74, 6) is -1.06. The molecule has 2 rings (SSSR count). The third-order valence-electron chi connectivity index (χ3n) is 2.82. The van der Waals surface area contributed by atoms with Gasteiger partial charge in [-0.05, 0) is 53.2 Å². The number of halogens is 2. The Balaban J connectivity index is 1.91. The van der Waals surface area contributed by atoms with E-state index in [0.29, 0.717) is 5.76 Å². The first-order chi connectivity index (χ1) is 10.5. The number of hydrogen-bond acceptors (Lipinski definition) is 4. The number of benzene rings is 1. The largest absolute Gasteiger partial charge is 0.467 e. The number of rotatable bonds is 5. The molecule has 0 unspecified atom stereocenters. The molecule has 7 heteroatoms. The van der Waals surface area contributed by atoms with Crippen LogP contribution >= 0.6 is 15.9 Å². The number of nitrogens with one attached hydrogen (secondary N) is 1. The number of furan rings is 1. The van der Waals surface area contributed by atoms with Gasteiger partial charge in [0, 0.05) is 4.47 Å². The molecular weight excluding hydrogens is 357 g/mol. The minimum absolute atomic E-state index is 0.145. The highest BCUT2D eigenvalue weighted by Gasteiger charge is 2.20. The number of carbonyl (C=O) groups excluding carboxylic acids is 2. The molecular formula is C15H13BrFNO4. The minimum Gasteiger partial charge on any atom is -0.467 e. The third-order valence-corrected chi connectivity index (χ3v) is 3.48. The summed E-state index contributed by atoms with van der Waals surface area (Å²) in [5.41, 5.74) is 0.145. The van der Waals surface area contributed by atoms with Gasteiger partial charge in [-0.3, -0.25) is 4.79 Å². The standard InChI is InChI=1S/C15H13BrFNO4/c1-9(14(19)18-8-11-3-2-6-21-11)22-15(20)12-5-4-10(17)7-13(12)16/h2-7,9H,8H2,1H3,(H,18,19)/t9-/m0/s1. The Hall–Kier alpha value is -2.15. The first kappa shape index (κ1) is 16.2. The van der Waals surface area contributed by atoms with E-state index in [4.69, 9.17) is 9.15 Å². The lowest BCUT2D eigenvalue weighted by molar-refractivity contribution is -0.129. The lowest BCUT2D eigenvalue weighted by Gasteiger charge is -2.13. The zero-order valence-electron chi connectivity index (χ0n) is 11.6. The molecule has 0 aliphatic rings. The van der Waals surface area contributed by atoms with E-state index in [0.717, 1.165) is 12.1 Å². The zero-order chi connectivity index (χ0) is 16.1. The smallest absolute Gasteiger partial charge is 0.340 e. The van der Waals surface area contributed by atoms with Crippen LogP contribution in [0, 0.1) is 5.82 Å². The van der Waals surface area contributed by atoms with Crippen molar-refractivity contribution in [2.24, 2.45) is 0 Å². The molecule has 0 bridgehead atoms. The van der Waals surface area contributed by atoms with Gasteiger partial charge >= 0.3 is 5.97 Å². The summed E-state index contributed by atoms with van der Waals surface area (Å²) in [6.45, 7) is 1.65. The van der Waals surface area contributed by atoms with E-state index in [-0.39, 0.29) is 16.6 Å². The fourth-order valence-corrected chi connectivity index (χ4v) is 2.18. The molecule has 1 amide bonds. The molecule has 0 radical (unpaired) electrons. The summed E-state index contributed by atoms with van der Waals surface area (Å²) in [7, 11) is 0. The normalized spacial score (nSPS) is 11.8. The van der Waals surface area contributed by atoms with Crippen LogP contribution < -0.4 is 5.32 Å². The Kier molecular flexibility index (Phi) is 5.32. The SMILES string of the molecule is C[C@H](OC(=O)c1ccc(F)cc1Br)C(=O)NCc1ccco1. The molecule has 2 aromatic rings. The van der Waals surface area contributed by atoms with Crippen LogP contribution in [-0.2, 0) is 16.1 Å². The molecule has 5 nitrogen and oxygen atoms in total. The van der Waals surface area contributed by atoms with Crippen LogP contribution in [0.4, 0.5) is 4.39 Å². The Morgan fingerprint density at radius 1 is 1.41 bits per heavy atom. The van der Waals surface area contributed by atoms with Crippen molar-refractivity contribution < 1.29 is 23.1 Å². The van der Waals surface area contributed by atoms with Crippen LogP contribution in [0.15, 0.2) is 45.5 Å². The Bertz CT molecular complexity index is 672. The summed E-state index contributed by atoms with van der Waals surface area (Å²) < 4.78 is 23.4. The summed E-state index contributed by atoms with van der Waals surface area (Å²) >= 11 is 3.08. The first-order valence-corrected chi connectivity index (χ1v) is 7.23. The zero-order valence-corrected chi connectivity index (χ0v) is 13.2. The van der Waals surface area contributed by atoms with Gasteiger partial charge in [-0.2, -0.15) is 0 Å². The van der Waals surface area contributed by atoms with E-state index < -0.39 is 23.8 Å². The van der Waals surface area contributed by atoms with Gasteiger partial charge in [0.2, 0.25) is 0 Å². The maximum Gasteiger partial charge on any atom is 0.340 e. The number of esters is 1. The molecule has 1 heterocycles. The van der Waals surface area contributed by atoms with E-state index in [2.05, 4.69) is 21.2 Å². The highest BCUT2D eigenvalue weighted by Crippen LogP contribution is 2.19. The van der Waals surface area contributed by atoms with E-state index >= 15 is 0 Å². The van der Waals surface area contributed by atoms with Crippen molar-refractivity contribution in [3.63, 3.8) is 0 Å². The van der Waals surface area contributed by atoms with Crippen LogP contribution in [0.2, 0.25) is 0 Å². The van der Waals surface area contributed by atoms with E-state index in [9.17, 15) is 14.0 Å². The highest BCUT2D eigenvalue weighted by molar-refractivity contribution is 9.10. The van der Waals surface area contributed by atoms with Crippen LogP contribution in [0.25, 0.3) is 0 Å². The molecule has 0 fully saturated rings. The maximum absolute atomic E-state index is 13.0. The summed E-state index contributed by atoms with van der Waals surface area (Å²) in [4.78, 5) is 23.8. The van der Waals surface area contributed by atoms with Gasteiger partial charge in [-0.25, -0.2) is 9.18 Å². The molecule has 0 spiro atoms. The van der Waals surface area contributed by atoms with Gasteiger partial charge in [0.1, 0.15) is 11.6 Å². The summed E-state index contributed by atoms with van der Waals surface area (Å²) in [5, 5.41) is 2.58. The minimum atomic E-state index is -0.987. The second-order valence-corrected chi connectivity index (χ2v) is 5.32. The number of carbonyl (C=O) groups is 2. The predicted molar refractivity (Wildman–Crippen MR) is 79.5 cm³/mol. The molecule has 22 heavy (non-hydrogen) atoms. The molecule has 0 aliphatic heterocycles. The Labute approximate surface area is 134 Å². The van der Waals surface area contributed by atoms with Gasteiger partial charge in [-0.15, -0.1) is 0 Å². The van der Waals surface area contributed by atoms with Gasteiger partial charge < -0.3 is 14.5 Å². The number of hydrogen-bond donors (Lipinski definition) is 1. The topological polar surface area (TPSA) is 68.5 Å². The first-order valence-electron chi connectivity index (χ1n) is 6.43. The predicted octanol–water partition coefficient (Wildman–Crippen LogP) is 3.04. The maximum atomic E-state index is 13.0. The van der Waals surface area contributed by atoms with Crippen molar-refractivity contribution in [1.29, 1.82) is 0 Å². The van der Waals surface area contributed by atoms with Crippen molar-refractivity contribution in [1.82, 2.24) is 5.32 Å². The van der Waals surface area contributed by atoms with Gasteiger partial charge in [0.05, 0.1) is 18.4 Å². The van der Waals surface area contributed by atoms with Crippen molar-refractivity contribution in [3.8, 4) is 0 Å². The fraction of sp³-hybridized carbons (Fsp3) is 0.200. The van der Waals surface area contributed by atoms with Crippen LogP contribution in [-0.4, -0.2) is 18.0 Å². The van der Waals surface area contributed by atoms with Crippen LogP contribution in [0.3, 0.4) is 0 Å². The van der Waals surface area contributed by atoms with Crippen molar-refractivity contribution in [2.45, 2.75) is 19.6 Å². The van der Waals surface area contributed by atoms with Crippen LogP contribution in [0.5, 0.6) is 0 Å². The molecule has 1 aromatic heterocycles. The fourth-order valence-electron chi connectivity index (χ4n) is 1.66. The highest BCUT2D eigenvalue weighted by atomic mass is 79.9. The van der Waals surface area contributed by atoms with Crippen molar-refractivity contribution >= 4 is 27.8 Å². The third kappa shape index (κ3) is 4.17. The lowest BCUT2D eigenvalue weighted by atomic mass is 10.2. The summed E-state index contributed by atoms with van der Waals surface area (Å²) in [6, 6.07) is 7.00. The average Bonchev–Trinajstić information content (AvgIpc) is 2.97. The monoisotopic (exact) mass is 369 g/mol. The number of ether oxygens (including phenoxy) is 1. The number of amides is 1. The molecule has 1 aromatic carbocycles. The van der Waals surface area contributed by atoms with E-state index in [1.54, 1.807) is 12.1 Å². The lowest BCUT2D eigenvalue weighted by Crippen LogP contribution is -2.35. The molecule has 1 atom stereocenters.